The van der Waals surface area contributed by atoms with Crippen LogP contribution in [0.1, 0.15) is 28.2 Å². The van der Waals surface area contributed by atoms with E-state index in [9.17, 15) is 9.59 Å². The quantitative estimate of drug-likeness (QED) is 0.816. The summed E-state index contributed by atoms with van der Waals surface area (Å²) in [6.07, 6.45) is 1.94. The minimum absolute atomic E-state index is 0.0868. The van der Waals surface area contributed by atoms with Crippen molar-refractivity contribution in [2.45, 2.75) is 19.3 Å². The number of hydrogen-bond donors (Lipinski definition) is 2. The number of carboxylic acid groups (broad SMARTS) is 1. The van der Waals surface area contributed by atoms with Crippen molar-refractivity contribution >= 4 is 45.0 Å². The van der Waals surface area contributed by atoms with Gasteiger partial charge in [0.2, 0.25) is 5.91 Å². The average Bonchev–Trinajstić information content (AvgIpc) is 2.84. The van der Waals surface area contributed by atoms with E-state index in [1.807, 2.05) is 12.1 Å². The van der Waals surface area contributed by atoms with E-state index in [-0.39, 0.29) is 17.4 Å². The predicted molar refractivity (Wildman–Crippen MR) is 84.8 cm³/mol. The Balaban J connectivity index is 1.81. The number of pyridine rings is 1. The zero-order chi connectivity index (χ0) is 15.2. The number of amides is 1. The molecule has 0 aromatic carbocycles. The van der Waals surface area contributed by atoms with Gasteiger partial charge in [-0.1, -0.05) is 6.07 Å². The van der Waals surface area contributed by atoms with Gasteiger partial charge in [0.05, 0.1) is 3.79 Å². The Morgan fingerprint density at radius 1 is 1.29 bits per heavy atom. The summed E-state index contributed by atoms with van der Waals surface area (Å²) in [6.45, 7) is 0. The maximum atomic E-state index is 11.8. The van der Waals surface area contributed by atoms with Gasteiger partial charge in [0.15, 0.2) is 5.69 Å². The third-order valence-corrected chi connectivity index (χ3v) is 4.37. The molecule has 0 saturated heterocycles. The molecule has 5 nitrogen and oxygen atoms in total. The van der Waals surface area contributed by atoms with Crippen molar-refractivity contribution in [3.8, 4) is 0 Å². The average molecular weight is 369 g/mol. The van der Waals surface area contributed by atoms with Gasteiger partial charge in [0, 0.05) is 11.3 Å². The molecule has 0 atom stereocenters. The van der Waals surface area contributed by atoms with Gasteiger partial charge >= 0.3 is 5.97 Å². The highest BCUT2D eigenvalue weighted by atomic mass is 79.9. The van der Waals surface area contributed by atoms with Crippen LogP contribution in [-0.4, -0.2) is 22.0 Å². The van der Waals surface area contributed by atoms with Crippen molar-refractivity contribution in [1.82, 2.24) is 4.98 Å². The Bertz CT molecular complexity index is 657. The van der Waals surface area contributed by atoms with Gasteiger partial charge in [-0.2, -0.15) is 0 Å². The fourth-order valence-electron chi connectivity index (χ4n) is 1.74. The highest BCUT2D eigenvalue weighted by Gasteiger charge is 2.08. The number of hydrogen-bond acceptors (Lipinski definition) is 4. The standard InChI is InChI=1S/C14H13BrN2O3S/c15-11-8-7-9(21-11)3-1-6-13(18)17-12-5-2-4-10(16-12)14(19)20/h2,4-5,7-8H,1,3,6H2,(H,19,20)(H,16,17,18). The SMILES string of the molecule is O=C(CCCc1ccc(Br)s1)Nc1cccc(C(=O)O)n1. The molecule has 110 valence electrons. The van der Waals surface area contributed by atoms with E-state index in [1.165, 1.54) is 10.9 Å². The summed E-state index contributed by atoms with van der Waals surface area (Å²) in [5, 5.41) is 11.4. The van der Waals surface area contributed by atoms with Crippen molar-refractivity contribution in [2.75, 3.05) is 5.32 Å². The molecule has 1 amide bonds. The topological polar surface area (TPSA) is 79.3 Å². The molecule has 0 unspecified atom stereocenters. The number of carboxylic acids is 1. The molecule has 2 aromatic rings. The van der Waals surface area contributed by atoms with E-state index in [4.69, 9.17) is 5.11 Å². The van der Waals surface area contributed by atoms with Crippen LogP contribution < -0.4 is 5.32 Å². The fourth-order valence-corrected chi connectivity index (χ4v) is 3.26. The Morgan fingerprint density at radius 2 is 2.10 bits per heavy atom. The molecule has 0 fully saturated rings. The van der Waals surface area contributed by atoms with Crippen LogP contribution in [0.5, 0.6) is 0 Å². The lowest BCUT2D eigenvalue weighted by Crippen LogP contribution is -2.13. The smallest absolute Gasteiger partial charge is 0.354 e. The lowest BCUT2D eigenvalue weighted by Gasteiger charge is -2.04. The van der Waals surface area contributed by atoms with E-state index in [2.05, 4.69) is 26.2 Å². The normalized spacial score (nSPS) is 10.3. The van der Waals surface area contributed by atoms with E-state index >= 15 is 0 Å². The van der Waals surface area contributed by atoms with Gasteiger partial charge in [-0.15, -0.1) is 11.3 Å². The number of carbonyl (C=O) groups is 2. The van der Waals surface area contributed by atoms with Crippen LogP contribution in [-0.2, 0) is 11.2 Å². The monoisotopic (exact) mass is 368 g/mol. The molecule has 0 spiro atoms. The third kappa shape index (κ3) is 4.95. The summed E-state index contributed by atoms with van der Waals surface area (Å²) in [5.41, 5.74) is -0.0868. The highest BCUT2D eigenvalue weighted by Crippen LogP contribution is 2.23. The number of nitrogens with one attached hydrogen (secondary N) is 1. The first-order chi connectivity index (χ1) is 10.0. The number of rotatable bonds is 6. The summed E-state index contributed by atoms with van der Waals surface area (Å²) >= 11 is 5.05. The van der Waals surface area contributed by atoms with Crippen LogP contribution in [0.25, 0.3) is 0 Å². The van der Waals surface area contributed by atoms with Crippen LogP contribution in [0, 0.1) is 0 Å². The maximum absolute atomic E-state index is 11.8. The van der Waals surface area contributed by atoms with Crippen LogP contribution in [0.2, 0.25) is 0 Å². The molecule has 7 heteroatoms. The molecule has 2 N–H and O–H groups in total. The first kappa shape index (κ1) is 15.7. The summed E-state index contributed by atoms with van der Waals surface area (Å²) in [4.78, 5) is 27.6. The highest BCUT2D eigenvalue weighted by molar-refractivity contribution is 9.11. The number of aromatic nitrogens is 1. The van der Waals surface area contributed by atoms with Gasteiger partial charge in [-0.3, -0.25) is 4.79 Å². The van der Waals surface area contributed by atoms with Crippen molar-refractivity contribution in [1.29, 1.82) is 0 Å². The van der Waals surface area contributed by atoms with Gasteiger partial charge in [-0.25, -0.2) is 9.78 Å². The first-order valence-corrected chi connectivity index (χ1v) is 7.90. The number of aryl methyl sites for hydroxylation is 1. The number of thiophene rings is 1. The maximum Gasteiger partial charge on any atom is 0.354 e. The molecule has 21 heavy (non-hydrogen) atoms. The molecule has 0 aliphatic heterocycles. The number of aromatic carboxylic acids is 1. The molecule has 0 radical (unpaired) electrons. The molecular weight excluding hydrogens is 356 g/mol. The number of anilines is 1. The summed E-state index contributed by atoms with van der Waals surface area (Å²) in [5.74, 6) is -1.02. The van der Waals surface area contributed by atoms with Gasteiger partial charge in [-0.05, 0) is 53.0 Å². The second-order valence-electron chi connectivity index (χ2n) is 4.32. The van der Waals surface area contributed by atoms with E-state index in [0.717, 1.165) is 16.6 Å². The Hall–Kier alpha value is -1.73. The zero-order valence-electron chi connectivity index (χ0n) is 11.0. The minimum atomic E-state index is -1.12. The predicted octanol–water partition coefficient (Wildman–Crippen LogP) is 3.57. The fraction of sp³-hybridized carbons (Fsp3) is 0.214. The van der Waals surface area contributed by atoms with Gasteiger partial charge in [0.25, 0.3) is 0 Å². The number of halogens is 1. The molecule has 2 heterocycles. The summed E-state index contributed by atoms with van der Waals surface area (Å²) in [7, 11) is 0. The zero-order valence-corrected chi connectivity index (χ0v) is 13.4. The molecule has 2 aromatic heterocycles. The largest absolute Gasteiger partial charge is 0.477 e. The van der Waals surface area contributed by atoms with Crippen molar-refractivity contribution in [2.24, 2.45) is 0 Å². The Labute approximate surface area is 134 Å². The third-order valence-electron chi connectivity index (χ3n) is 2.69. The van der Waals surface area contributed by atoms with Crippen LogP contribution in [0.3, 0.4) is 0 Å². The molecular formula is C14H13BrN2O3S. The van der Waals surface area contributed by atoms with Crippen LogP contribution >= 0.6 is 27.3 Å². The lowest BCUT2D eigenvalue weighted by molar-refractivity contribution is -0.116. The van der Waals surface area contributed by atoms with Crippen molar-refractivity contribution in [3.05, 3.63) is 44.7 Å². The van der Waals surface area contributed by atoms with E-state index in [1.54, 1.807) is 23.5 Å². The summed E-state index contributed by atoms with van der Waals surface area (Å²) in [6, 6.07) is 8.52. The number of nitrogens with zero attached hydrogens (tertiary/aromatic N) is 1. The minimum Gasteiger partial charge on any atom is -0.477 e. The second kappa shape index (κ2) is 7.33. The molecule has 0 aliphatic carbocycles. The van der Waals surface area contributed by atoms with Crippen molar-refractivity contribution < 1.29 is 14.7 Å². The first-order valence-electron chi connectivity index (χ1n) is 6.29. The second-order valence-corrected chi connectivity index (χ2v) is 6.87. The van der Waals surface area contributed by atoms with Crippen molar-refractivity contribution in [3.63, 3.8) is 0 Å². The summed E-state index contributed by atoms with van der Waals surface area (Å²) < 4.78 is 1.08. The number of carbonyl (C=O) groups excluding carboxylic acids is 1. The van der Waals surface area contributed by atoms with E-state index < -0.39 is 5.97 Å². The lowest BCUT2D eigenvalue weighted by atomic mass is 10.2. The van der Waals surface area contributed by atoms with E-state index in [0.29, 0.717) is 6.42 Å². The molecule has 0 saturated carbocycles. The van der Waals surface area contributed by atoms with Crippen LogP contribution in [0.4, 0.5) is 5.82 Å². The van der Waals surface area contributed by atoms with Crippen LogP contribution in [0.15, 0.2) is 34.1 Å². The van der Waals surface area contributed by atoms with Gasteiger partial charge in [0.1, 0.15) is 5.82 Å². The molecule has 0 aliphatic rings. The Morgan fingerprint density at radius 3 is 2.76 bits per heavy atom. The molecule has 2 rings (SSSR count). The molecule has 0 bridgehead atoms. The Kier molecular flexibility index (Phi) is 5.46. The van der Waals surface area contributed by atoms with Gasteiger partial charge < -0.3 is 10.4 Å².